The van der Waals surface area contributed by atoms with Crippen molar-refractivity contribution < 1.29 is 4.79 Å². The Morgan fingerprint density at radius 1 is 1.59 bits per heavy atom. The topological polar surface area (TPSA) is 29.1 Å². The SMILES string of the molecule is CCCC1CC1NC(=O)c1cc(S)ccc1Cl. The van der Waals surface area contributed by atoms with Gasteiger partial charge in [-0.15, -0.1) is 12.6 Å². The van der Waals surface area contributed by atoms with Gasteiger partial charge in [0.2, 0.25) is 0 Å². The van der Waals surface area contributed by atoms with Crippen molar-refractivity contribution in [2.45, 2.75) is 37.1 Å². The fourth-order valence-electron chi connectivity index (χ4n) is 2.05. The van der Waals surface area contributed by atoms with Gasteiger partial charge in [-0.25, -0.2) is 0 Å². The van der Waals surface area contributed by atoms with Crippen LogP contribution in [0.3, 0.4) is 0 Å². The molecule has 1 saturated carbocycles. The van der Waals surface area contributed by atoms with Crippen LogP contribution in [0.15, 0.2) is 23.1 Å². The first-order valence-corrected chi connectivity index (χ1v) is 6.73. The highest BCUT2D eigenvalue weighted by atomic mass is 35.5. The van der Waals surface area contributed by atoms with E-state index in [1.165, 1.54) is 12.8 Å². The molecule has 0 aromatic heterocycles. The van der Waals surface area contributed by atoms with Crippen LogP contribution in [0.25, 0.3) is 0 Å². The molecule has 0 saturated heterocycles. The fourth-order valence-corrected chi connectivity index (χ4v) is 2.45. The highest BCUT2D eigenvalue weighted by molar-refractivity contribution is 7.80. The third kappa shape index (κ3) is 3.17. The van der Waals surface area contributed by atoms with Gasteiger partial charge in [0, 0.05) is 10.9 Å². The molecule has 1 aromatic carbocycles. The largest absolute Gasteiger partial charge is 0.349 e. The van der Waals surface area contributed by atoms with Gasteiger partial charge in [-0.1, -0.05) is 24.9 Å². The minimum atomic E-state index is -0.0884. The zero-order valence-corrected chi connectivity index (χ0v) is 11.4. The summed E-state index contributed by atoms with van der Waals surface area (Å²) in [6, 6.07) is 5.52. The summed E-state index contributed by atoms with van der Waals surface area (Å²) in [6.45, 7) is 2.17. The number of hydrogen-bond acceptors (Lipinski definition) is 2. The molecule has 0 bridgehead atoms. The molecule has 17 heavy (non-hydrogen) atoms. The summed E-state index contributed by atoms with van der Waals surface area (Å²) in [4.78, 5) is 12.7. The van der Waals surface area contributed by atoms with Crippen molar-refractivity contribution in [3.63, 3.8) is 0 Å². The van der Waals surface area contributed by atoms with E-state index in [1.54, 1.807) is 18.2 Å². The molecule has 2 nitrogen and oxygen atoms in total. The van der Waals surface area contributed by atoms with E-state index in [4.69, 9.17) is 11.6 Å². The van der Waals surface area contributed by atoms with Crippen molar-refractivity contribution >= 4 is 30.1 Å². The fraction of sp³-hybridized carbons (Fsp3) is 0.462. The Hall–Kier alpha value is -0.670. The predicted octanol–water partition coefficient (Wildman–Crippen LogP) is 3.55. The molecule has 1 fully saturated rings. The van der Waals surface area contributed by atoms with Crippen LogP contribution in [-0.2, 0) is 0 Å². The molecule has 2 rings (SSSR count). The second kappa shape index (κ2) is 5.32. The Bertz CT molecular complexity index is 435. The van der Waals surface area contributed by atoms with Crippen LogP contribution >= 0.6 is 24.2 Å². The van der Waals surface area contributed by atoms with Gasteiger partial charge in [-0.2, -0.15) is 0 Å². The van der Waals surface area contributed by atoms with Crippen molar-refractivity contribution in [1.29, 1.82) is 0 Å². The maximum Gasteiger partial charge on any atom is 0.253 e. The summed E-state index contributed by atoms with van der Waals surface area (Å²) in [7, 11) is 0. The molecule has 0 spiro atoms. The Kier molecular flexibility index (Phi) is 4.00. The number of thiol groups is 1. The zero-order chi connectivity index (χ0) is 12.4. The van der Waals surface area contributed by atoms with Gasteiger partial charge in [0.1, 0.15) is 0 Å². The van der Waals surface area contributed by atoms with Gasteiger partial charge in [0.25, 0.3) is 5.91 Å². The summed E-state index contributed by atoms with van der Waals surface area (Å²) < 4.78 is 0. The quantitative estimate of drug-likeness (QED) is 0.805. The number of rotatable bonds is 4. The second-order valence-electron chi connectivity index (χ2n) is 4.53. The average molecular weight is 270 g/mol. The monoisotopic (exact) mass is 269 g/mol. The normalized spacial score (nSPS) is 22.3. The lowest BCUT2D eigenvalue weighted by molar-refractivity contribution is 0.0949. The van der Waals surface area contributed by atoms with E-state index in [0.717, 1.165) is 11.3 Å². The molecule has 0 heterocycles. The van der Waals surface area contributed by atoms with Crippen LogP contribution in [0.2, 0.25) is 5.02 Å². The van der Waals surface area contributed by atoms with Gasteiger partial charge in [0.05, 0.1) is 10.6 Å². The first-order chi connectivity index (χ1) is 8.11. The lowest BCUT2D eigenvalue weighted by Gasteiger charge is -2.07. The first-order valence-electron chi connectivity index (χ1n) is 5.91. The number of nitrogens with one attached hydrogen (secondary N) is 1. The van der Waals surface area contributed by atoms with E-state index in [9.17, 15) is 4.79 Å². The number of halogens is 1. The molecular weight excluding hydrogens is 254 g/mol. The predicted molar refractivity (Wildman–Crippen MR) is 73.0 cm³/mol. The molecule has 2 unspecified atom stereocenters. The third-order valence-corrected chi connectivity index (χ3v) is 3.70. The second-order valence-corrected chi connectivity index (χ2v) is 5.45. The lowest BCUT2D eigenvalue weighted by Crippen LogP contribution is -2.27. The molecule has 1 aromatic rings. The first kappa shape index (κ1) is 12.8. The van der Waals surface area contributed by atoms with E-state index >= 15 is 0 Å². The van der Waals surface area contributed by atoms with E-state index in [0.29, 0.717) is 22.5 Å². The van der Waals surface area contributed by atoms with Crippen LogP contribution in [0.1, 0.15) is 36.5 Å². The molecule has 2 atom stereocenters. The highest BCUT2D eigenvalue weighted by Crippen LogP contribution is 2.35. The highest BCUT2D eigenvalue weighted by Gasteiger charge is 2.37. The number of amides is 1. The maximum atomic E-state index is 12.0. The molecule has 92 valence electrons. The van der Waals surface area contributed by atoms with Crippen LogP contribution in [-0.4, -0.2) is 11.9 Å². The summed E-state index contributed by atoms with van der Waals surface area (Å²) in [6.07, 6.45) is 3.45. The van der Waals surface area contributed by atoms with Crippen molar-refractivity contribution in [2.75, 3.05) is 0 Å². The molecule has 1 N–H and O–H groups in total. The van der Waals surface area contributed by atoms with E-state index in [2.05, 4.69) is 24.9 Å². The number of benzene rings is 1. The molecule has 0 aliphatic heterocycles. The summed E-state index contributed by atoms with van der Waals surface area (Å²) in [5.74, 6) is 0.566. The number of hydrogen-bond donors (Lipinski definition) is 2. The minimum Gasteiger partial charge on any atom is -0.349 e. The average Bonchev–Trinajstić information content (AvgIpc) is 3.00. The van der Waals surface area contributed by atoms with Gasteiger partial charge >= 0.3 is 0 Å². The van der Waals surface area contributed by atoms with Crippen LogP contribution in [0.5, 0.6) is 0 Å². The number of carbonyl (C=O) groups is 1. The van der Waals surface area contributed by atoms with Gasteiger partial charge in [0.15, 0.2) is 0 Å². The van der Waals surface area contributed by atoms with E-state index < -0.39 is 0 Å². The van der Waals surface area contributed by atoms with Crippen molar-refractivity contribution in [3.05, 3.63) is 28.8 Å². The summed E-state index contributed by atoms with van der Waals surface area (Å²) >= 11 is 10.2. The maximum absolute atomic E-state index is 12.0. The van der Waals surface area contributed by atoms with Gasteiger partial charge < -0.3 is 5.32 Å². The van der Waals surface area contributed by atoms with Crippen molar-refractivity contribution in [3.8, 4) is 0 Å². The Balaban J connectivity index is 1.98. The lowest BCUT2D eigenvalue weighted by atomic mass is 10.2. The van der Waals surface area contributed by atoms with Gasteiger partial charge in [-0.3, -0.25) is 4.79 Å². The molecule has 0 radical (unpaired) electrons. The van der Waals surface area contributed by atoms with E-state index in [1.807, 2.05) is 0 Å². The smallest absolute Gasteiger partial charge is 0.253 e. The van der Waals surface area contributed by atoms with Crippen molar-refractivity contribution in [1.82, 2.24) is 5.32 Å². The van der Waals surface area contributed by atoms with Crippen molar-refractivity contribution in [2.24, 2.45) is 5.92 Å². The van der Waals surface area contributed by atoms with Crippen LogP contribution < -0.4 is 5.32 Å². The van der Waals surface area contributed by atoms with Crippen LogP contribution in [0, 0.1) is 5.92 Å². The summed E-state index contributed by atoms with van der Waals surface area (Å²) in [5, 5.41) is 3.50. The Morgan fingerprint density at radius 2 is 2.35 bits per heavy atom. The summed E-state index contributed by atoms with van der Waals surface area (Å²) in [5.41, 5.74) is 0.515. The third-order valence-electron chi connectivity index (χ3n) is 3.09. The number of carbonyl (C=O) groups excluding carboxylic acids is 1. The Labute approximate surface area is 112 Å². The molecule has 1 amide bonds. The molecule has 1 aliphatic carbocycles. The molecule has 4 heteroatoms. The van der Waals surface area contributed by atoms with Gasteiger partial charge in [-0.05, 0) is 37.0 Å². The zero-order valence-electron chi connectivity index (χ0n) is 9.74. The van der Waals surface area contributed by atoms with E-state index in [-0.39, 0.29) is 5.91 Å². The van der Waals surface area contributed by atoms with Crippen LogP contribution in [0.4, 0.5) is 0 Å². The molecular formula is C13H16ClNOS. The molecule has 1 aliphatic rings. The standard InChI is InChI=1S/C13H16ClNOS/c1-2-3-8-6-12(8)15-13(16)10-7-9(17)4-5-11(10)14/h4-5,7-8,12,17H,2-3,6H2,1H3,(H,15,16). The minimum absolute atomic E-state index is 0.0884. The Morgan fingerprint density at radius 3 is 3.06 bits per heavy atom.